The number of rotatable bonds is 5. The highest BCUT2D eigenvalue weighted by atomic mass is 32.2. The van der Waals surface area contributed by atoms with Gasteiger partial charge >= 0.3 is 6.03 Å². The van der Waals surface area contributed by atoms with Gasteiger partial charge < -0.3 is 10.2 Å². The van der Waals surface area contributed by atoms with Crippen LogP contribution in [-0.4, -0.2) is 42.5 Å². The first-order valence-corrected chi connectivity index (χ1v) is 11.7. The number of amides is 2. The lowest BCUT2D eigenvalue weighted by molar-refractivity contribution is 0.193. The van der Waals surface area contributed by atoms with E-state index >= 15 is 0 Å². The molecule has 2 aromatic rings. The highest BCUT2D eigenvalue weighted by Gasteiger charge is 2.26. The molecule has 1 aliphatic heterocycles. The molecule has 8 heteroatoms. The van der Waals surface area contributed by atoms with E-state index in [2.05, 4.69) is 11.4 Å². The summed E-state index contributed by atoms with van der Waals surface area (Å²) in [6.45, 7) is 5.04. The third-order valence-electron chi connectivity index (χ3n) is 5.26. The molecule has 0 unspecified atom stereocenters. The highest BCUT2D eigenvalue weighted by molar-refractivity contribution is 7.88. The first-order chi connectivity index (χ1) is 14.2. The Kier molecular flexibility index (Phi) is 6.44. The van der Waals surface area contributed by atoms with Gasteiger partial charge in [-0.3, -0.25) is 0 Å². The van der Waals surface area contributed by atoms with Gasteiger partial charge in [0.05, 0.1) is 17.9 Å². The molecule has 0 bridgehead atoms. The highest BCUT2D eigenvalue weighted by Crippen LogP contribution is 2.28. The van der Waals surface area contributed by atoms with Crippen LogP contribution in [0.2, 0.25) is 0 Å². The predicted molar refractivity (Wildman–Crippen MR) is 116 cm³/mol. The zero-order chi connectivity index (χ0) is 21.9. The molecule has 0 aromatic heterocycles. The van der Waals surface area contributed by atoms with E-state index in [9.17, 15) is 13.2 Å². The van der Waals surface area contributed by atoms with Gasteiger partial charge in [-0.25, -0.2) is 13.2 Å². The van der Waals surface area contributed by atoms with E-state index in [4.69, 9.17) is 5.26 Å². The van der Waals surface area contributed by atoms with Gasteiger partial charge in [0, 0.05) is 31.4 Å². The van der Waals surface area contributed by atoms with Crippen molar-refractivity contribution in [2.75, 3.05) is 18.1 Å². The first kappa shape index (κ1) is 21.8. The summed E-state index contributed by atoms with van der Waals surface area (Å²) in [5, 5.41) is 12.0. The molecule has 0 saturated heterocycles. The van der Waals surface area contributed by atoms with Gasteiger partial charge in [-0.15, -0.1) is 0 Å². The summed E-state index contributed by atoms with van der Waals surface area (Å²) < 4.78 is 25.2. The fourth-order valence-corrected chi connectivity index (χ4v) is 4.34. The second kappa shape index (κ2) is 8.86. The molecule has 2 aromatic carbocycles. The number of hydrogen-bond donors (Lipinski definition) is 1. The van der Waals surface area contributed by atoms with Crippen LogP contribution in [0.1, 0.15) is 36.1 Å². The minimum absolute atomic E-state index is 0.0269. The van der Waals surface area contributed by atoms with Crippen LogP contribution in [-0.2, 0) is 29.5 Å². The van der Waals surface area contributed by atoms with E-state index in [1.807, 2.05) is 44.2 Å². The lowest BCUT2D eigenvalue weighted by Crippen LogP contribution is -2.40. The van der Waals surface area contributed by atoms with Gasteiger partial charge in [-0.1, -0.05) is 24.3 Å². The molecule has 1 heterocycles. The van der Waals surface area contributed by atoms with Gasteiger partial charge in [-0.2, -0.15) is 9.57 Å². The number of nitrogens with zero attached hydrogens (tertiary/aromatic N) is 3. The molecule has 1 aliphatic rings. The van der Waals surface area contributed by atoms with Crippen molar-refractivity contribution in [1.29, 1.82) is 5.26 Å². The van der Waals surface area contributed by atoms with Crippen LogP contribution < -0.4 is 5.32 Å². The Labute approximate surface area is 178 Å². The van der Waals surface area contributed by atoms with Crippen LogP contribution >= 0.6 is 0 Å². The standard InChI is InChI=1S/C22H26N4O3S/c1-16(2)26(14-18-9-7-17(13-23)8-10-18)22(27)24-21-6-4-5-19-15-25(30(3,28)29)12-11-20(19)21/h4-10,16H,11-12,14-15H2,1-3H3,(H,24,27). The van der Waals surface area contributed by atoms with Crippen LogP contribution in [0.5, 0.6) is 0 Å². The van der Waals surface area contributed by atoms with E-state index in [-0.39, 0.29) is 12.1 Å². The molecule has 0 atom stereocenters. The second-order valence-electron chi connectivity index (χ2n) is 7.75. The number of carbonyl (C=O) groups excluding carboxylic acids is 1. The zero-order valence-electron chi connectivity index (χ0n) is 17.4. The van der Waals surface area contributed by atoms with E-state index in [1.54, 1.807) is 17.0 Å². The quantitative estimate of drug-likeness (QED) is 0.794. The van der Waals surface area contributed by atoms with Crippen molar-refractivity contribution in [2.45, 2.75) is 39.4 Å². The summed E-state index contributed by atoms with van der Waals surface area (Å²) in [5.74, 6) is 0. The monoisotopic (exact) mass is 426 g/mol. The van der Waals surface area contributed by atoms with E-state index < -0.39 is 10.0 Å². The Hall–Kier alpha value is -2.89. The number of carbonyl (C=O) groups is 1. The number of benzene rings is 2. The van der Waals surface area contributed by atoms with E-state index in [0.717, 1.165) is 22.4 Å². The molecule has 158 valence electrons. The maximum absolute atomic E-state index is 13.0. The normalized spacial score (nSPS) is 14.1. The van der Waals surface area contributed by atoms with Gasteiger partial charge in [0.1, 0.15) is 0 Å². The molecular weight excluding hydrogens is 400 g/mol. The maximum Gasteiger partial charge on any atom is 0.322 e. The lowest BCUT2D eigenvalue weighted by Gasteiger charge is -2.30. The third kappa shape index (κ3) is 4.99. The van der Waals surface area contributed by atoms with Crippen molar-refractivity contribution in [3.8, 4) is 6.07 Å². The molecular formula is C22H26N4O3S. The van der Waals surface area contributed by atoms with E-state index in [0.29, 0.717) is 31.6 Å². The van der Waals surface area contributed by atoms with Crippen molar-refractivity contribution in [1.82, 2.24) is 9.21 Å². The smallest absolute Gasteiger partial charge is 0.318 e. The number of sulfonamides is 1. The number of anilines is 1. The largest absolute Gasteiger partial charge is 0.322 e. The molecule has 30 heavy (non-hydrogen) atoms. The lowest BCUT2D eigenvalue weighted by atomic mass is 9.99. The Balaban J connectivity index is 1.77. The molecule has 7 nitrogen and oxygen atoms in total. The molecule has 3 rings (SSSR count). The molecule has 0 spiro atoms. The third-order valence-corrected chi connectivity index (χ3v) is 6.51. The zero-order valence-corrected chi connectivity index (χ0v) is 18.2. The SMILES string of the molecule is CC(C)N(Cc1ccc(C#N)cc1)C(=O)Nc1cccc2c1CCN(S(C)(=O)=O)C2. The summed E-state index contributed by atoms with van der Waals surface area (Å²) in [6, 6.07) is 14.6. The number of fused-ring (bicyclic) bond motifs is 1. The second-order valence-corrected chi connectivity index (χ2v) is 9.73. The van der Waals surface area contributed by atoms with Gasteiger partial charge in [0.25, 0.3) is 0 Å². The average molecular weight is 427 g/mol. The molecule has 0 saturated carbocycles. The number of nitriles is 1. The van der Waals surface area contributed by atoms with Crippen LogP contribution in [0.4, 0.5) is 10.5 Å². The first-order valence-electron chi connectivity index (χ1n) is 9.81. The molecule has 0 aliphatic carbocycles. The molecule has 0 radical (unpaired) electrons. The van der Waals surface area contributed by atoms with Crippen LogP contribution in [0.3, 0.4) is 0 Å². The van der Waals surface area contributed by atoms with Crippen molar-refractivity contribution in [3.63, 3.8) is 0 Å². The van der Waals surface area contributed by atoms with Crippen LogP contribution in [0, 0.1) is 11.3 Å². The molecule has 2 amide bonds. The average Bonchev–Trinajstić information content (AvgIpc) is 2.71. The van der Waals surface area contributed by atoms with Crippen molar-refractivity contribution >= 4 is 21.7 Å². The Bertz CT molecular complexity index is 1070. The van der Waals surface area contributed by atoms with Crippen LogP contribution in [0.15, 0.2) is 42.5 Å². The van der Waals surface area contributed by atoms with Crippen molar-refractivity contribution in [3.05, 3.63) is 64.7 Å². The topological polar surface area (TPSA) is 93.5 Å². The number of nitrogens with one attached hydrogen (secondary N) is 1. The Morgan fingerprint density at radius 3 is 2.53 bits per heavy atom. The maximum atomic E-state index is 13.0. The fourth-order valence-electron chi connectivity index (χ4n) is 3.54. The summed E-state index contributed by atoms with van der Waals surface area (Å²) in [5.41, 5.74) is 4.13. The molecule has 1 N–H and O–H groups in total. The summed E-state index contributed by atoms with van der Waals surface area (Å²) in [6.07, 6.45) is 1.77. The van der Waals surface area contributed by atoms with Gasteiger partial charge in [0.2, 0.25) is 10.0 Å². The summed E-state index contributed by atoms with van der Waals surface area (Å²) in [7, 11) is -3.25. The Morgan fingerprint density at radius 2 is 1.93 bits per heavy atom. The van der Waals surface area contributed by atoms with Gasteiger partial charge in [-0.05, 0) is 55.2 Å². The Morgan fingerprint density at radius 1 is 1.23 bits per heavy atom. The minimum Gasteiger partial charge on any atom is -0.318 e. The predicted octanol–water partition coefficient (Wildman–Crippen LogP) is 3.32. The number of hydrogen-bond acceptors (Lipinski definition) is 4. The summed E-state index contributed by atoms with van der Waals surface area (Å²) in [4.78, 5) is 14.8. The summed E-state index contributed by atoms with van der Waals surface area (Å²) >= 11 is 0. The van der Waals surface area contributed by atoms with Crippen LogP contribution in [0.25, 0.3) is 0 Å². The van der Waals surface area contributed by atoms with Gasteiger partial charge in [0.15, 0.2) is 0 Å². The van der Waals surface area contributed by atoms with Crippen molar-refractivity contribution < 1.29 is 13.2 Å². The minimum atomic E-state index is -3.25. The van der Waals surface area contributed by atoms with Crippen molar-refractivity contribution in [2.24, 2.45) is 0 Å². The molecule has 0 fully saturated rings. The fraction of sp³-hybridized carbons (Fsp3) is 0.364. The number of urea groups is 1. The van der Waals surface area contributed by atoms with E-state index in [1.165, 1.54) is 10.6 Å².